The van der Waals surface area contributed by atoms with Gasteiger partial charge < -0.3 is 10.1 Å². The van der Waals surface area contributed by atoms with Crippen LogP contribution in [0, 0.1) is 0 Å². The van der Waals surface area contributed by atoms with Gasteiger partial charge in [0.25, 0.3) is 0 Å². The van der Waals surface area contributed by atoms with E-state index in [1.54, 1.807) is 18.2 Å². The summed E-state index contributed by atoms with van der Waals surface area (Å²) in [6.45, 7) is 0. The average Bonchev–Trinajstić information content (AvgIpc) is 2.82. The molecular formula is C15H11BrN2O2. The van der Waals surface area contributed by atoms with Crippen molar-refractivity contribution >= 4 is 32.9 Å². The number of H-pyrrole nitrogens is 1. The average molecular weight is 331 g/mol. The lowest BCUT2D eigenvalue weighted by Crippen LogP contribution is -1.94. The molecule has 0 saturated carbocycles. The standard InChI is InChI=1S/C15H11BrN2O2/c16-11-4-1-9(2-5-11)7-14-17-12-6-3-10(15(19)20)8-13(12)18-14/h1-6,8H,7H2,(H,17,18)(H,19,20). The van der Waals surface area contributed by atoms with Crippen molar-refractivity contribution in [3.05, 3.63) is 63.9 Å². The van der Waals surface area contributed by atoms with Crippen molar-refractivity contribution in [2.75, 3.05) is 0 Å². The van der Waals surface area contributed by atoms with Crippen molar-refractivity contribution in [3.8, 4) is 0 Å². The molecule has 4 nitrogen and oxygen atoms in total. The van der Waals surface area contributed by atoms with Gasteiger partial charge in [0, 0.05) is 10.9 Å². The second-order valence-corrected chi connectivity index (χ2v) is 5.44. The molecular weight excluding hydrogens is 320 g/mol. The van der Waals surface area contributed by atoms with Crippen LogP contribution in [0.2, 0.25) is 0 Å². The largest absolute Gasteiger partial charge is 0.478 e. The van der Waals surface area contributed by atoms with E-state index in [0.717, 1.165) is 26.9 Å². The minimum absolute atomic E-state index is 0.261. The number of rotatable bonds is 3. The summed E-state index contributed by atoms with van der Waals surface area (Å²) in [6, 6.07) is 12.9. The van der Waals surface area contributed by atoms with Gasteiger partial charge in [-0.1, -0.05) is 28.1 Å². The lowest BCUT2D eigenvalue weighted by Gasteiger charge is -1.98. The van der Waals surface area contributed by atoms with Gasteiger partial charge in [0.15, 0.2) is 0 Å². The van der Waals surface area contributed by atoms with E-state index in [4.69, 9.17) is 5.11 Å². The van der Waals surface area contributed by atoms with Crippen LogP contribution in [-0.2, 0) is 6.42 Å². The van der Waals surface area contributed by atoms with Crippen molar-refractivity contribution in [1.29, 1.82) is 0 Å². The number of nitrogens with zero attached hydrogens (tertiary/aromatic N) is 1. The maximum Gasteiger partial charge on any atom is 0.335 e. The molecule has 20 heavy (non-hydrogen) atoms. The van der Waals surface area contributed by atoms with Gasteiger partial charge >= 0.3 is 5.97 Å². The molecule has 0 radical (unpaired) electrons. The molecule has 0 aliphatic heterocycles. The molecule has 0 fully saturated rings. The van der Waals surface area contributed by atoms with Crippen molar-refractivity contribution < 1.29 is 9.90 Å². The first kappa shape index (κ1) is 12.9. The number of carboxylic acids is 1. The van der Waals surface area contributed by atoms with E-state index < -0.39 is 5.97 Å². The summed E-state index contributed by atoms with van der Waals surface area (Å²) in [6.07, 6.45) is 0.685. The van der Waals surface area contributed by atoms with E-state index >= 15 is 0 Å². The molecule has 0 spiro atoms. The summed E-state index contributed by atoms with van der Waals surface area (Å²) in [7, 11) is 0. The Morgan fingerprint density at radius 2 is 1.95 bits per heavy atom. The van der Waals surface area contributed by atoms with Crippen molar-refractivity contribution in [2.24, 2.45) is 0 Å². The molecule has 1 aromatic heterocycles. The fourth-order valence-corrected chi connectivity index (χ4v) is 2.34. The van der Waals surface area contributed by atoms with Gasteiger partial charge in [-0.3, -0.25) is 0 Å². The molecule has 1 heterocycles. The third-order valence-electron chi connectivity index (χ3n) is 3.06. The summed E-state index contributed by atoms with van der Waals surface area (Å²) in [5.74, 6) is -0.110. The van der Waals surface area contributed by atoms with Gasteiger partial charge in [-0.05, 0) is 35.9 Å². The van der Waals surface area contributed by atoms with Gasteiger partial charge in [0.2, 0.25) is 0 Å². The lowest BCUT2D eigenvalue weighted by atomic mass is 10.1. The number of benzene rings is 2. The minimum Gasteiger partial charge on any atom is -0.478 e. The Morgan fingerprint density at radius 1 is 1.20 bits per heavy atom. The number of hydrogen-bond acceptors (Lipinski definition) is 2. The number of imidazole rings is 1. The number of carboxylic acid groups (broad SMARTS) is 1. The first-order valence-corrected chi connectivity index (χ1v) is 6.87. The SMILES string of the molecule is O=C(O)c1ccc2nc(Cc3ccc(Br)cc3)[nH]c2c1. The lowest BCUT2D eigenvalue weighted by molar-refractivity contribution is 0.0697. The second kappa shape index (κ2) is 5.09. The maximum absolute atomic E-state index is 10.9. The highest BCUT2D eigenvalue weighted by Gasteiger charge is 2.08. The number of hydrogen-bond donors (Lipinski definition) is 2. The number of aromatic carboxylic acids is 1. The topological polar surface area (TPSA) is 66.0 Å². The number of halogens is 1. The Bertz CT molecular complexity index is 778. The first-order chi connectivity index (χ1) is 9.61. The highest BCUT2D eigenvalue weighted by atomic mass is 79.9. The molecule has 2 aromatic carbocycles. The quantitative estimate of drug-likeness (QED) is 0.770. The van der Waals surface area contributed by atoms with Gasteiger partial charge in [0.05, 0.1) is 16.6 Å². The van der Waals surface area contributed by atoms with Gasteiger partial charge in [-0.15, -0.1) is 0 Å². The van der Waals surface area contributed by atoms with Crippen molar-refractivity contribution in [1.82, 2.24) is 9.97 Å². The fourth-order valence-electron chi connectivity index (χ4n) is 2.07. The third-order valence-corrected chi connectivity index (χ3v) is 3.59. The zero-order valence-corrected chi connectivity index (χ0v) is 12.0. The molecule has 0 saturated heterocycles. The summed E-state index contributed by atoms with van der Waals surface area (Å²) in [4.78, 5) is 18.6. The molecule has 0 unspecified atom stereocenters. The summed E-state index contributed by atoms with van der Waals surface area (Å²) >= 11 is 3.40. The smallest absolute Gasteiger partial charge is 0.335 e. The minimum atomic E-state index is -0.934. The number of aromatic nitrogens is 2. The zero-order valence-electron chi connectivity index (χ0n) is 10.4. The third kappa shape index (κ3) is 2.58. The predicted octanol–water partition coefficient (Wildman–Crippen LogP) is 3.61. The summed E-state index contributed by atoms with van der Waals surface area (Å²) in [5.41, 5.74) is 2.93. The Morgan fingerprint density at radius 3 is 2.65 bits per heavy atom. The number of nitrogens with one attached hydrogen (secondary N) is 1. The van der Waals surface area contributed by atoms with Crippen molar-refractivity contribution in [2.45, 2.75) is 6.42 Å². The first-order valence-electron chi connectivity index (χ1n) is 6.08. The highest BCUT2D eigenvalue weighted by Crippen LogP contribution is 2.17. The van der Waals surface area contributed by atoms with Gasteiger partial charge in [-0.2, -0.15) is 0 Å². The van der Waals surface area contributed by atoms with Crippen LogP contribution in [0.4, 0.5) is 0 Å². The van der Waals surface area contributed by atoms with E-state index in [1.165, 1.54) is 0 Å². The van der Waals surface area contributed by atoms with E-state index in [2.05, 4.69) is 25.9 Å². The van der Waals surface area contributed by atoms with E-state index in [0.29, 0.717) is 6.42 Å². The Hall–Kier alpha value is -2.14. The van der Waals surface area contributed by atoms with Crippen LogP contribution >= 0.6 is 15.9 Å². The number of carbonyl (C=O) groups is 1. The Balaban J connectivity index is 1.92. The van der Waals surface area contributed by atoms with E-state index in [1.807, 2.05) is 24.3 Å². The van der Waals surface area contributed by atoms with Crippen LogP contribution in [-0.4, -0.2) is 21.0 Å². The van der Waals surface area contributed by atoms with Crippen LogP contribution in [0.3, 0.4) is 0 Å². The summed E-state index contributed by atoms with van der Waals surface area (Å²) < 4.78 is 1.04. The molecule has 0 amide bonds. The molecule has 0 aliphatic rings. The maximum atomic E-state index is 10.9. The fraction of sp³-hybridized carbons (Fsp3) is 0.0667. The number of fused-ring (bicyclic) bond motifs is 1. The van der Waals surface area contributed by atoms with Crippen LogP contribution in [0.1, 0.15) is 21.7 Å². The molecule has 5 heteroatoms. The highest BCUT2D eigenvalue weighted by molar-refractivity contribution is 9.10. The van der Waals surface area contributed by atoms with Crippen LogP contribution in [0.25, 0.3) is 11.0 Å². The monoisotopic (exact) mass is 330 g/mol. The molecule has 0 aliphatic carbocycles. The summed E-state index contributed by atoms with van der Waals surface area (Å²) in [5, 5.41) is 8.97. The Kier molecular flexibility index (Phi) is 3.28. The second-order valence-electron chi connectivity index (χ2n) is 4.52. The molecule has 3 rings (SSSR count). The van der Waals surface area contributed by atoms with Crippen molar-refractivity contribution in [3.63, 3.8) is 0 Å². The van der Waals surface area contributed by atoms with Gasteiger partial charge in [0.1, 0.15) is 5.82 Å². The van der Waals surface area contributed by atoms with E-state index in [-0.39, 0.29) is 5.56 Å². The van der Waals surface area contributed by atoms with Crippen LogP contribution < -0.4 is 0 Å². The predicted molar refractivity (Wildman–Crippen MR) is 80.0 cm³/mol. The Labute approximate surface area is 123 Å². The molecule has 100 valence electrons. The molecule has 2 N–H and O–H groups in total. The molecule has 3 aromatic rings. The van der Waals surface area contributed by atoms with Crippen LogP contribution in [0.15, 0.2) is 46.9 Å². The van der Waals surface area contributed by atoms with Gasteiger partial charge in [-0.25, -0.2) is 9.78 Å². The molecule has 0 bridgehead atoms. The van der Waals surface area contributed by atoms with Crippen LogP contribution in [0.5, 0.6) is 0 Å². The number of aromatic amines is 1. The van der Waals surface area contributed by atoms with E-state index in [9.17, 15) is 4.79 Å². The molecule has 0 atom stereocenters. The normalized spacial score (nSPS) is 10.8. The zero-order chi connectivity index (χ0) is 14.1.